The van der Waals surface area contributed by atoms with Crippen LogP contribution in [0.3, 0.4) is 0 Å². The molecule has 1 nitrogen and oxygen atoms in total. The van der Waals surface area contributed by atoms with Gasteiger partial charge in [0.2, 0.25) is 0 Å². The molecule has 0 saturated heterocycles. The molecule has 2 aromatic rings. The van der Waals surface area contributed by atoms with Crippen LogP contribution in [0.1, 0.15) is 5.56 Å². The number of nitrogens with zero attached hydrogens (tertiary/aromatic N) is 1. The van der Waals surface area contributed by atoms with Gasteiger partial charge in [-0.1, -0.05) is 24.3 Å². The molecule has 0 N–H and O–H groups in total. The predicted molar refractivity (Wildman–Crippen MR) is 58.5 cm³/mol. The number of benzene rings is 1. The molecule has 0 aliphatic rings. The summed E-state index contributed by atoms with van der Waals surface area (Å²) in [5.41, 5.74) is 1.09. The van der Waals surface area contributed by atoms with Crippen molar-refractivity contribution in [3.8, 4) is 0 Å². The Balaban J connectivity index is 0.000000845. The quantitative estimate of drug-likeness (QED) is 0.663. The second kappa shape index (κ2) is 4.45. The summed E-state index contributed by atoms with van der Waals surface area (Å²) in [4.78, 5) is 4.10. The van der Waals surface area contributed by atoms with Gasteiger partial charge in [-0.15, -0.1) is 24.0 Å². The molecule has 0 fully saturated rings. The Morgan fingerprint density at radius 3 is 2.69 bits per heavy atom. The summed E-state index contributed by atoms with van der Waals surface area (Å²) in [6.07, 6.45) is 3.67. The van der Waals surface area contributed by atoms with E-state index in [0.29, 0.717) is 5.88 Å². The van der Waals surface area contributed by atoms with Crippen molar-refractivity contribution in [3.05, 3.63) is 42.2 Å². The number of hydrogen-bond donors (Lipinski definition) is 0. The largest absolute Gasteiger partial charge is 0.264 e. The number of aromatic nitrogens is 1. The third-order valence-corrected chi connectivity index (χ3v) is 2.18. The smallest absolute Gasteiger partial charge is 0.0495 e. The summed E-state index contributed by atoms with van der Waals surface area (Å²) in [5.74, 6) is 0.522. The lowest BCUT2D eigenvalue weighted by Gasteiger charge is -2.00. The van der Waals surface area contributed by atoms with Crippen molar-refractivity contribution in [2.45, 2.75) is 5.88 Å². The van der Waals surface area contributed by atoms with Gasteiger partial charge < -0.3 is 0 Å². The fourth-order valence-electron chi connectivity index (χ4n) is 1.29. The van der Waals surface area contributed by atoms with Crippen molar-refractivity contribution in [3.63, 3.8) is 0 Å². The topological polar surface area (TPSA) is 12.9 Å². The number of rotatable bonds is 1. The van der Waals surface area contributed by atoms with Crippen LogP contribution in [-0.2, 0) is 5.88 Å². The Morgan fingerprint density at radius 2 is 1.92 bits per heavy atom. The minimum absolute atomic E-state index is 0. The van der Waals surface area contributed by atoms with Gasteiger partial charge in [0.1, 0.15) is 0 Å². The summed E-state index contributed by atoms with van der Waals surface area (Å²) in [5, 5.41) is 2.35. The predicted octanol–water partition coefficient (Wildman–Crippen LogP) is 3.40. The van der Waals surface area contributed by atoms with E-state index in [9.17, 15) is 0 Å². The average molecular weight is 214 g/mol. The van der Waals surface area contributed by atoms with Crippen LogP contribution in [0.5, 0.6) is 0 Å². The van der Waals surface area contributed by atoms with Crippen LogP contribution in [0.2, 0.25) is 0 Å². The van der Waals surface area contributed by atoms with Crippen LogP contribution >= 0.6 is 24.0 Å². The molecule has 13 heavy (non-hydrogen) atoms. The standard InChI is InChI=1S/C10H8ClN.ClH/c11-5-9-7-12-6-8-3-1-2-4-10(8)9;/h1-4,6-7H,5H2;1H. The third kappa shape index (κ3) is 1.93. The van der Waals surface area contributed by atoms with Crippen LogP contribution in [0, 0.1) is 0 Å². The van der Waals surface area contributed by atoms with Gasteiger partial charge in [0.05, 0.1) is 0 Å². The number of pyridine rings is 1. The molecule has 2 rings (SSSR count). The van der Waals surface area contributed by atoms with Gasteiger partial charge in [-0.25, -0.2) is 0 Å². The maximum atomic E-state index is 5.77. The van der Waals surface area contributed by atoms with E-state index >= 15 is 0 Å². The van der Waals surface area contributed by atoms with Crippen molar-refractivity contribution in [2.24, 2.45) is 0 Å². The Kier molecular flexibility index (Phi) is 3.52. The van der Waals surface area contributed by atoms with Crippen molar-refractivity contribution in [1.29, 1.82) is 0 Å². The molecule has 1 heterocycles. The number of hydrogen-bond acceptors (Lipinski definition) is 1. The lowest BCUT2D eigenvalue weighted by molar-refractivity contribution is 1.29. The van der Waals surface area contributed by atoms with Crippen molar-refractivity contribution >= 4 is 34.8 Å². The highest BCUT2D eigenvalue weighted by molar-refractivity contribution is 6.18. The highest BCUT2D eigenvalue weighted by Gasteiger charge is 1.97. The summed E-state index contributed by atoms with van der Waals surface area (Å²) >= 11 is 5.77. The molecule has 0 atom stereocenters. The number of halogens is 2. The second-order valence-electron chi connectivity index (χ2n) is 2.65. The maximum Gasteiger partial charge on any atom is 0.0495 e. The molecule has 0 bridgehead atoms. The Labute approximate surface area is 88.2 Å². The lowest BCUT2D eigenvalue weighted by atomic mass is 10.1. The minimum Gasteiger partial charge on any atom is -0.264 e. The van der Waals surface area contributed by atoms with Crippen LogP contribution in [0.4, 0.5) is 0 Å². The molecule has 3 heteroatoms. The van der Waals surface area contributed by atoms with Gasteiger partial charge >= 0.3 is 0 Å². The summed E-state index contributed by atoms with van der Waals surface area (Å²) in [6.45, 7) is 0. The van der Waals surface area contributed by atoms with E-state index in [-0.39, 0.29) is 12.4 Å². The van der Waals surface area contributed by atoms with Crippen LogP contribution < -0.4 is 0 Å². The number of alkyl halides is 1. The molecule has 0 aliphatic carbocycles. The maximum absolute atomic E-state index is 5.77. The zero-order valence-corrected chi connectivity index (χ0v) is 8.48. The average Bonchev–Trinajstić information content (AvgIpc) is 2.17. The molecule has 0 unspecified atom stereocenters. The normalized spacial score (nSPS) is 9.62. The number of fused-ring (bicyclic) bond motifs is 1. The SMILES string of the molecule is Cl.ClCc1cncc2ccccc12. The molecular weight excluding hydrogens is 205 g/mol. The van der Waals surface area contributed by atoms with Gasteiger partial charge in [0, 0.05) is 23.7 Å². The van der Waals surface area contributed by atoms with Crippen molar-refractivity contribution < 1.29 is 0 Å². The molecule has 0 radical (unpaired) electrons. The first-order valence-corrected chi connectivity index (χ1v) is 4.33. The first kappa shape index (κ1) is 10.3. The van der Waals surface area contributed by atoms with Crippen LogP contribution in [-0.4, -0.2) is 4.98 Å². The van der Waals surface area contributed by atoms with Gasteiger partial charge in [-0.05, 0) is 10.9 Å². The Hall–Kier alpha value is -0.790. The first-order chi connectivity index (χ1) is 5.92. The van der Waals surface area contributed by atoms with E-state index in [0.717, 1.165) is 10.9 Å². The fourth-order valence-corrected chi connectivity index (χ4v) is 1.50. The van der Waals surface area contributed by atoms with Crippen LogP contribution in [0.25, 0.3) is 10.8 Å². The van der Waals surface area contributed by atoms with E-state index in [1.165, 1.54) is 5.39 Å². The fraction of sp³-hybridized carbons (Fsp3) is 0.100. The molecule has 0 saturated carbocycles. The molecule has 0 amide bonds. The van der Waals surface area contributed by atoms with Crippen molar-refractivity contribution in [1.82, 2.24) is 4.98 Å². The van der Waals surface area contributed by atoms with Gasteiger partial charge in [-0.3, -0.25) is 4.98 Å². The molecule has 0 aliphatic heterocycles. The highest BCUT2D eigenvalue weighted by Crippen LogP contribution is 2.17. The van der Waals surface area contributed by atoms with E-state index < -0.39 is 0 Å². The van der Waals surface area contributed by atoms with Crippen LogP contribution in [0.15, 0.2) is 36.7 Å². The minimum atomic E-state index is 0. The molecular formula is C10H9Cl2N. The van der Waals surface area contributed by atoms with Crippen molar-refractivity contribution in [2.75, 3.05) is 0 Å². The first-order valence-electron chi connectivity index (χ1n) is 3.79. The summed E-state index contributed by atoms with van der Waals surface area (Å²) in [6, 6.07) is 8.12. The van der Waals surface area contributed by atoms with E-state index in [4.69, 9.17) is 11.6 Å². The van der Waals surface area contributed by atoms with Gasteiger partial charge in [0.15, 0.2) is 0 Å². The summed E-state index contributed by atoms with van der Waals surface area (Å²) in [7, 11) is 0. The highest BCUT2D eigenvalue weighted by atomic mass is 35.5. The van der Waals surface area contributed by atoms with E-state index in [2.05, 4.69) is 11.1 Å². The zero-order chi connectivity index (χ0) is 8.39. The molecule has 1 aromatic carbocycles. The van der Waals surface area contributed by atoms with Gasteiger partial charge in [0.25, 0.3) is 0 Å². The monoisotopic (exact) mass is 213 g/mol. The lowest BCUT2D eigenvalue weighted by Crippen LogP contribution is -1.83. The summed E-state index contributed by atoms with van der Waals surface area (Å²) < 4.78 is 0. The molecule has 0 spiro atoms. The Morgan fingerprint density at radius 1 is 1.15 bits per heavy atom. The Bertz CT molecular complexity index is 396. The molecule has 1 aromatic heterocycles. The van der Waals surface area contributed by atoms with Gasteiger partial charge in [-0.2, -0.15) is 0 Å². The third-order valence-electron chi connectivity index (χ3n) is 1.89. The second-order valence-corrected chi connectivity index (χ2v) is 2.92. The molecule has 68 valence electrons. The zero-order valence-electron chi connectivity index (χ0n) is 6.90. The van der Waals surface area contributed by atoms with E-state index in [1.54, 1.807) is 0 Å². The van der Waals surface area contributed by atoms with E-state index in [1.807, 2.05) is 30.6 Å².